The number of nitrogens with zero attached hydrogens (tertiary/aromatic N) is 4. The molecule has 216 valence electrons. The van der Waals surface area contributed by atoms with Crippen molar-refractivity contribution in [3.63, 3.8) is 0 Å². The minimum Gasteiger partial charge on any atom is -0.382 e. The van der Waals surface area contributed by atoms with E-state index in [1.54, 1.807) is 6.07 Å². The molecule has 0 atom stereocenters. The van der Waals surface area contributed by atoms with Crippen LogP contribution in [0.4, 0.5) is 24.5 Å². The average Bonchev–Trinajstić information content (AvgIpc) is 2.89. The maximum absolute atomic E-state index is 12.9. The van der Waals surface area contributed by atoms with E-state index in [1.165, 1.54) is 17.4 Å². The van der Waals surface area contributed by atoms with Crippen LogP contribution < -0.4 is 10.2 Å². The summed E-state index contributed by atoms with van der Waals surface area (Å²) in [5, 5.41) is 3.17. The Morgan fingerprint density at radius 2 is 1.62 bits per heavy atom. The third kappa shape index (κ3) is 8.59. The predicted octanol–water partition coefficient (Wildman–Crippen LogP) is 6.04. The minimum absolute atomic E-state index is 0. The number of hydrogen-bond acceptors (Lipinski definition) is 5. The van der Waals surface area contributed by atoms with Crippen LogP contribution in [0.5, 0.6) is 0 Å². The number of carbonyl (C=O) groups is 1. The number of piperazine rings is 1. The Bertz CT molecular complexity index is 1050. The molecule has 1 N–H and O–H groups in total. The molecule has 3 heterocycles. The van der Waals surface area contributed by atoms with Gasteiger partial charge in [-0.2, -0.15) is 13.2 Å². The zero-order chi connectivity index (χ0) is 27.3. The normalized spacial score (nSPS) is 17.6. The molecule has 1 amide bonds. The van der Waals surface area contributed by atoms with Gasteiger partial charge < -0.3 is 15.1 Å². The van der Waals surface area contributed by atoms with Crippen molar-refractivity contribution in [3.8, 4) is 0 Å². The van der Waals surface area contributed by atoms with Gasteiger partial charge in [0, 0.05) is 69.3 Å². The third-order valence-electron chi connectivity index (χ3n) is 7.60. The van der Waals surface area contributed by atoms with Gasteiger partial charge in [-0.25, -0.2) is 0 Å². The summed E-state index contributed by atoms with van der Waals surface area (Å²) in [5.74, 6) is 0.171. The lowest BCUT2D eigenvalue weighted by molar-refractivity contribution is -0.141. The van der Waals surface area contributed by atoms with Crippen LogP contribution >= 0.6 is 0 Å². The summed E-state index contributed by atoms with van der Waals surface area (Å²) >= 11 is 0. The van der Waals surface area contributed by atoms with E-state index in [0.717, 1.165) is 45.2 Å². The van der Waals surface area contributed by atoms with Crippen molar-refractivity contribution >= 4 is 17.3 Å². The molecular weight excluding hydrogens is 503 g/mol. The van der Waals surface area contributed by atoms with Crippen molar-refractivity contribution in [1.82, 2.24) is 14.8 Å². The molecule has 2 aromatic rings. The van der Waals surface area contributed by atoms with Crippen LogP contribution in [0.1, 0.15) is 65.1 Å². The molecular formula is C30H44F3N5O. The van der Waals surface area contributed by atoms with Gasteiger partial charge in [0.15, 0.2) is 0 Å². The fourth-order valence-electron chi connectivity index (χ4n) is 5.20. The van der Waals surface area contributed by atoms with Crippen LogP contribution in [-0.4, -0.2) is 72.5 Å². The van der Waals surface area contributed by atoms with E-state index in [4.69, 9.17) is 0 Å². The fourth-order valence-corrected chi connectivity index (χ4v) is 5.20. The number of rotatable bonds is 7. The number of hydrogen-bond donors (Lipinski definition) is 1. The molecule has 0 bridgehead atoms. The Morgan fingerprint density at radius 1 is 0.974 bits per heavy atom. The van der Waals surface area contributed by atoms with E-state index in [0.29, 0.717) is 38.0 Å². The number of pyridine rings is 1. The number of halogens is 3. The SMILES string of the molecule is C.CC(C)(C)c1ccc(N2CCN(CCCC(=O)N3CCC(Nc4ccnc(C(F)(F)F)c4)CC3)CC2)cc1. The molecule has 39 heavy (non-hydrogen) atoms. The minimum atomic E-state index is -4.46. The Labute approximate surface area is 231 Å². The first-order valence-corrected chi connectivity index (χ1v) is 13.6. The van der Waals surface area contributed by atoms with Gasteiger partial charge >= 0.3 is 6.18 Å². The molecule has 4 rings (SSSR count). The van der Waals surface area contributed by atoms with Crippen molar-refractivity contribution < 1.29 is 18.0 Å². The van der Waals surface area contributed by atoms with Crippen LogP contribution in [0.2, 0.25) is 0 Å². The van der Waals surface area contributed by atoms with Crippen molar-refractivity contribution in [1.29, 1.82) is 0 Å². The van der Waals surface area contributed by atoms with Gasteiger partial charge in [-0.15, -0.1) is 0 Å². The molecule has 0 radical (unpaired) electrons. The highest BCUT2D eigenvalue weighted by molar-refractivity contribution is 5.76. The second-order valence-electron chi connectivity index (χ2n) is 11.5. The number of benzene rings is 1. The molecule has 2 aliphatic heterocycles. The van der Waals surface area contributed by atoms with E-state index in [-0.39, 0.29) is 24.8 Å². The highest BCUT2D eigenvalue weighted by atomic mass is 19.4. The molecule has 9 heteroatoms. The Morgan fingerprint density at radius 3 is 2.21 bits per heavy atom. The molecule has 0 aliphatic carbocycles. The van der Waals surface area contributed by atoms with E-state index in [9.17, 15) is 18.0 Å². The molecule has 0 saturated carbocycles. The Kier molecular flexibility index (Phi) is 10.3. The van der Waals surface area contributed by atoms with E-state index in [2.05, 4.69) is 65.1 Å². The highest BCUT2D eigenvalue weighted by Gasteiger charge is 2.33. The molecule has 0 spiro atoms. The fraction of sp³-hybridized carbons (Fsp3) is 0.600. The van der Waals surface area contributed by atoms with Crippen LogP contribution in [0, 0.1) is 0 Å². The summed E-state index contributed by atoms with van der Waals surface area (Å²) in [5.41, 5.74) is 2.30. The number of amides is 1. The quantitative estimate of drug-likeness (QED) is 0.458. The number of piperidine rings is 1. The molecule has 1 aromatic heterocycles. The molecule has 2 saturated heterocycles. The summed E-state index contributed by atoms with van der Waals surface area (Å²) < 4.78 is 38.7. The number of alkyl halides is 3. The van der Waals surface area contributed by atoms with Crippen molar-refractivity contribution in [2.45, 2.75) is 71.5 Å². The first-order chi connectivity index (χ1) is 18.0. The summed E-state index contributed by atoms with van der Waals surface area (Å²) in [7, 11) is 0. The number of nitrogens with one attached hydrogen (secondary N) is 1. The van der Waals surface area contributed by atoms with Crippen molar-refractivity contribution in [2.24, 2.45) is 0 Å². The topological polar surface area (TPSA) is 51.7 Å². The van der Waals surface area contributed by atoms with Crippen molar-refractivity contribution in [2.75, 3.05) is 56.0 Å². The Hall–Kier alpha value is -2.81. The maximum atomic E-state index is 12.9. The second-order valence-corrected chi connectivity index (χ2v) is 11.5. The summed E-state index contributed by atoms with van der Waals surface area (Å²) in [6, 6.07) is 11.6. The van der Waals surface area contributed by atoms with Crippen LogP contribution in [-0.2, 0) is 16.4 Å². The Balaban J connectivity index is 0.00000420. The summed E-state index contributed by atoms with van der Waals surface area (Å²) in [4.78, 5) is 22.9. The van der Waals surface area contributed by atoms with E-state index >= 15 is 0 Å². The van der Waals surface area contributed by atoms with Gasteiger partial charge in [-0.05, 0) is 61.1 Å². The van der Waals surface area contributed by atoms with E-state index < -0.39 is 11.9 Å². The van der Waals surface area contributed by atoms with Crippen molar-refractivity contribution in [3.05, 3.63) is 53.9 Å². The average molecular weight is 548 g/mol. The molecule has 2 fully saturated rings. The van der Waals surface area contributed by atoms with Gasteiger partial charge in [0.05, 0.1) is 0 Å². The maximum Gasteiger partial charge on any atom is 0.433 e. The van der Waals surface area contributed by atoms with Gasteiger partial charge in [0.1, 0.15) is 5.69 Å². The first-order valence-electron chi connectivity index (χ1n) is 13.6. The van der Waals surface area contributed by atoms with Gasteiger partial charge in [0.25, 0.3) is 0 Å². The third-order valence-corrected chi connectivity index (χ3v) is 7.60. The van der Waals surface area contributed by atoms with Crippen LogP contribution in [0.15, 0.2) is 42.6 Å². The largest absolute Gasteiger partial charge is 0.433 e. The molecule has 2 aliphatic rings. The lowest BCUT2D eigenvalue weighted by atomic mass is 9.87. The van der Waals surface area contributed by atoms with Crippen LogP contribution in [0.25, 0.3) is 0 Å². The van der Waals surface area contributed by atoms with E-state index in [1.807, 2.05) is 4.90 Å². The number of likely N-dealkylation sites (tertiary alicyclic amines) is 1. The lowest BCUT2D eigenvalue weighted by Crippen LogP contribution is -2.47. The summed E-state index contributed by atoms with van der Waals surface area (Å²) in [6.07, 6.45) is -0.476. The highest BCUT2D eigenvalue weighted by Crippen LogP contribution is 2.29. The van der Waals surface area contributed by atoms with Gasteiger partial charge in [0.2, 0.25) is 5.91 Å². The lowest BCUT2D eigenvalue weighted by Gasteiger charge is -2.36. The second kappa shape index (κ2) is 13.0. The van der Waals surface area contributed by atoms with Crippen LogP contribution in [0.3, 0.4) is 0 Å². The first kappa shape index (κ1) is 30.7. The van der Waals surface area contributed by atoms with Gasteiger partial charge in [-0.3, -0.25) is 14.7 Å². The number of anilines is 2. The molecule has 0 unspecified atom stereocenters. The predicted molar refractivity (Wildman–Crippen MR) is 152 cm³/mol. The monoisotopic (exact) mass is 547 g/mol. The zero-order valence-corrected chi connectivity index (χ0v) is 22.7. The number of aromatic nitrogens is 1. The number of carbonyl (C=O) groups excluding carboxylic acids is 1. The molecule has 6 nitrogen and oxygen atoms in total. The molecule has 1 aromatic carbocycles. The van der Waals surface area contributed by atoms with Gasteiger partial charge in [-0.1, -0.05) is 40.3 Å². The summed E-state index contributed by atoms with van der Waals surface area (Å²) in [6.45, 7) is 12.8. The standard InChI is InChI=1S/C29H40F3N5O.CH4/c1-28(2,3)22-6-8-25(9-7-22)36-19-17-35(18-20-36)14-4-5-27(38)37-15-11-23(12-16-37)34-24-10-13-33-26(21-24)29(30,31)32;/h6-10,13,21,23H,4-5,11-12,14-20H2,1-3H3,(H,33,34);1H4. The zero-order valence-electron chi connectivity index (χ0n) is 22.7. The smallest absolute Gasteiger partial charge is 0.382 e.